The minimum Gasteiger partial charge on any atom is -0.367 e. The summed E-state index contributed by atoms with van der Waals surface area (Å²) < 4.78 is 6.65. The maximum absolute atomic E-state index is 12.2. The highest BCUT2D eigenvalue weighted by Gasteiger charge is 2.19. The summed E-state index contributed by atoms with van der Waals surface area (Å²) in [6.07, 6.45) is 0.881. The van der Waals surface area contributed by atoms with E-state index in [1.807, 2.05) is 30.3 Å². The number of nitrogens with one attached hydrogen (secondary N) is 1. The smallest absolute Gasteiger partial charge is 0.258 e. The number of aryl methyl sites for hydroxylation is 1. The van der Waals surface area contributed by atoms with Crippen LogP contribution in [0.15, 0.2) is 53.5 Å². The molecule has 104 valence electrons. The fraction of sp³-hybridized carbons (Fsp3) is 0.200. The third-order valence-electron chi connectivity index (χ3n) is 2.93. The van der Waals surface area contributed by atoms with Crippen molar-refractivity contribution in [1.29, 1.82) is 0 Å². The minimum atomic E-state index is -0.687. The van der Waals surface area contributed by atoms with Gasteiger partial charge in [0.25, 0.3) is 5.91 Å². The van der Waals surface area contributed by atoms with E-state index >= 15 is 0 Å². The molecule has 1 amide bonds. The van der Waals surface area contributed by atoms with Crippen molar-refractivity contribution in [2.75, 3.05) is 12.4 Å². The molecule has 1 atom stereocenters. The van der Waals surface area contributed by atoms with Gasteiger partial charge in [0.1, 0.15) is 0 Å². The minimum absolute atomic E-state index is 0.130. The zero-order chi connectivity index (χ0) is 14.5. The largest absolute Gasteiger partial charge is 0.367 e. The van der Waals surface area contributed by atoms with Crippen LogP contribution < -0.4 is 10.9 Å². The number of hydrogen-bond donors (Lipinski definition) is 1. The van der Waals surface area contributed by atoms with Gasteiger partial charge in [0.15, 0.2) is 6.10 Å². The Morgan fingerprint density at radius 1 is 1.20 bits per heavy atom. The van der Waals surface area contributed by atoms with E-state index < -0.39 is 6.10 Å². The molecule has 1 aromatic heterocycles. The van der Waals surface area contributed by atoms with Gasteiger partial charge >= 0.3 is 0 Å². The predicted octanol–water partition coefficient (Wildman–Crippen LogP) is 1.71. The van der Waals surface area contributed by atoms with Crippen LogP contribution in [0, 0.1) is 0 Å². The number of pyridine rings is 1. The van der Waals surface area contributed by atoms with Gasteiger partial charge in [-0.1, -0.05) is 30.3 Å². The number of nitrogens with zero attached hydrogens (tertiary/aromatic N) is 1. The Kier molecular flexibility index (Phi) is 4.32. The Bertz CT molecular complexity index is 650. The second-order valence-electron chi connectivity index (χ2n) is 4.38. The quantitative estimate of drug-likeness (QED) is 0.921. The molecule has 2 aromatic rings. The first-order chi connectivity index (χ1) is 9.61. The molecule has 1 unspecified atom stereocenters. The number of aromatic nitrogens is 1. The average Bonchev–Trinajstić information content (AvgIpc) is 2.45. The van der Waals surface area contributed by atoms with Crippen LogP contribution in [0.4, 0.5) is 5.69 Å². The van der Waals surface area contributed by atoms with Crippen molar-refractivity contribution in [2.24, 2.45) is 7.05 Å². The van der Waals surface area contributed by atoms with Crippen LogP contribution in [-0.4, -0.2) is 17.6 Å². The van der Waals surface area contributed by atoms with Gasteiger partial charge < -0.3 is 14.6 Å². The zero-order valence-corrected chi connectivity index (χ0v) is 11.4. The summed E-state index contributed by atoms with van der Waals surface area (Å²) in [5.41, 5.74) is 1.20. The number of hydrogen-bond acceptors (Lipinski definition) is 3. The number of carbonyl (C=O) groups excluding carboxylic acids is 1. The van der Waals surface area contributed by atoms with Gasteiger partial charge in [-0.05, 0) is 11.6 Å². The Morgan fingerprint density at radius 3 is 2.50 bits per heavy atom. The Hall–Kier alpha value is -2.40. The molecular weight excluding hydrogens is 256 g/mol. The van der Waals surface area contributed by atoms with E-state index in [-0.39, 0.29) is 11.5 Å². The van der Waals surface area contributed by atoms with Crippen LogP contribution >= 0.6 is 0 Å². The number of carbonyl (C=O) groups is 1. The van der Waals surface area contributed by atoms with Crippen molar-refractivity contribution in [3.63, 3.8) is 0 Å². The van der Waals surface area contributed by atoms with Crippen molar-refractivity contribution in [3.05, 3.63) is 64.6 Å². The number of amides is 1. The lowest BCUT2D eigenvalue weighted by Crippen LogP contribution is -2.24. The lowest BCUT2D eigenvalue weighted by Gasteiger charge is -2.15. The molecule has 0 saturated heterocycles. The summed E-state index contributed by atoms with van der Waals surface area (Å²) in [4.78, 5) is 23.5. The lowest BCUT2D eigenvalue weighted by molar-refractivity contribution is -0.126. The molecule has 2 rings (SSSR count). The summed E-state index contributed by atoms with van der Waals surface area (Å²) >= 11 is 0. The molecule has 5 heteroatoms. The molecule has 0 aliphatic rings. The van der Waals surface area contributed by atoms with Crippen molar-refractivity contribution < 1.29 is 9.53 Å². The van der Waals surface area contributed by atoms with Gasteiger partial charge in [-0.2, -0.15) is 0 Å². The summed E-state index contributed by atoms with van der Waals surface area (Å²) in [5.74, 6) is -0.280. The van der Waals surface area contributed by atoms with Crippen LogP contribution in [0.3, 0.4) is 0 Å². The average molecular weight is 272 g/mol. The number of methoxy groups -OCH3 is 1. The molecule has 0 saturated carbocycles. The normalized spacial score (nSPS) is 11.9. The molecule has 0 radical (unpaired) electrons. The number of rotatable bonds is 4. The molecule has 0 aliphatic carbocycles. The second-order valence-corrected chi connectivity index (χ2v) is 4.38. The van der Waals surface area contributed by atoms with E-state index in [4.69, 9.17) is 4.74 Å². The zero-order valence-electron chi connectivity index (χ0n) is 11.4. The maximum atomic E-state index is 12.2. The van der Waals surface area contributed by atoms with Crippen LogP contribution in [0.5, 0.6) is 0 Å². The Morgan fingerprint density at radius 2 is 1.90 bits per heavy atom. The highest BCUT2D eigenvalue weighted by molar-refractivity contribution is 5.94. The van der Waals surface area contributed by atoms with Crippen molar-refractivity contribution in [1.82, 2.24) is 4.57 Å². The number of benzene rings is 1. The standard InChI is InChI=1S/C15H16N2O3/c1-17-10-12(8-9-13(17)18)16-15(19)14(20-2)11-6-4-3-5-7-11/h3-10,14H,1-2H3,(H,16,19). The van der Waals surface area contributed by atoms with Crippen LogP contribution in [0.2, 0.25) is 0 Å². The SMILES string of the molecule is COC(C(=O)Nc1ccc(=O)n(C)c1)c1ccccc1. The molecule has 5 nitrogen and oxygen atoms in total. The highest BCUT2D eigenvalue weighted by atomic mass is 16.5. The Balaban J connectivity index is 2.17. The van der Waals surface area contributed by atoms with E-state index in [1.165, 1.54) is 17.7 Å². The summed E-state index contributed by atoms with van der Waals surface area (Å²) in [5, 5.41) is 2.74. The molecule has 0 bridgehead atoms. The summed E-state index contributed by atoms with van der Waals surface area (Å²) in [6.45, 7) is 0. The first-order valence-corrected chi connectivity index (χ1v) is 6.17. The van der Waals surface area contributed by atoms with Gasteiger partial charge in [0.05, 0.1) is 5.69 Å². The third kappa shape index (κ3) is 3.13. The van der Waals surface area contributed by atoms with Gasteiger partial charge in [-0.3, -0.25) is 9.59 Å². The number of anilines is 1. The topological polar surface area (TPSA) is 60.3 Å². The van der Waals surface area contributed by atoms with E-state index in [9.17, 15) is 9.59 Å². The molecule has 20 heavy (non-hydrogen) atoms. The van der Waals surface area contributed by atoms with E-state index in [1.54, 1.807) is 19.3 Å². The van der Waals surface area contributed by atoms with Crippen molar-refractivity contribution >= 4 is 11.6 Å². The predicted molar refractivity (Wildman–Crippen MR) is 76.5 cm³/mol. The summed E-state index contributed by atoms with van der Waals surface area (Å²) in [7, 11) is 3.11. The van der Waals surface area contributed by atoms with Crippen molar-refractivity contribution in [2.45, 2.75) is 6.10 Å². The maximum Gasteiger partial charge on any atom is 0.258 e. The van der Waals surface area contributed by atoms with Crippen molar-refractivity contribution in [3.8, 4) is 0 Å². The number of ether oxygens (including phenoxy) is 1. The van der Waals surface area contributed by atoms with Crippen LogP contribution in [0.1, 0.15) is 11.7 Å². The molecule has 1 N–H and O–H groups in total. The van der Waals surface area contributed by atoms with E-state index in [2.05, 4.69) is 5.32 Å². The Labute approximate surface area is 116 Å². The van der Waals surface area contributed by atoms with Gasteiger partial charge in [0.2, 0.25) is 5.56 Å². The van der Waals surface area contributed by atoms with E-state index in [0.29, 0.717) is 5.69 Å². The van der Waals surface area contributed by atoms with Gasteiger partial charge in [-0.25, -0.2) is 0 Å². The monoisotopic (exact) mass is 272 g/mol. The molecule has 0 fully saturated rings. The third-order valence-corrected chi connectivity index (χ3v) is 2.93. The molecule has 0 spiro atoms. The molecule has 1 heterocycles. The lowest BCUT2D eigenvalue weighted by atomic mass is 10.1. The fourth-order valence-corrected chi connectivity index (χ4v) is 1.90. The van der Waals surface area contributed by atoms with Crippen LogP contribution in [-0.2, 0) is 16.6 Å². The van der Waals surface area contributed by atoms with Gasteiger partial charge in [0, 0.05) is 26.4 Å². The second kappa shape index (κ2) is 6.16. The first kappa shape index (κ1) is 14.0. The molecule has 0 aliphatic heterocycles. The van der Waals surface area contributed by atoms with Crippen LogP contribution in [0.25, 0.3) is 0 Å². The first-order valence-electron chi connectivity index (χ1n) is 6.17. The highest BCUT2D eigenvalue weighted by Crippen LogP contribution is 2.18. The van der Waals surface area contributed by atoms with E-state index in [0.717, 1.165) is 5.56 Å². The molecule has 1 aromatic carbocycles. The summed E-state index contributed by atoms with van der Waals surface area (Å²) in [6, 6.07) is 12.2. The van der Waals surface area contributed by atoms with Gasteiger partial charge in [-0.15, -0.1) is 0 Å². The fourth-order valence-electron chi connectivity index (χ4n) is 1.90. The molecular formula is C15H16N2O3.